The van der Waals surface area contributed by atoms with Crippen LogP contribution in [0.4, 0.5) is 16.2 Å². The van der Waals surface area contributed by atoms with Gasteiger partial charge in [0.25, 0.3) is 0 Å². The highest BCUT2D eigenvalue weighted by Crippen LogP contribution is 2.38. The van der Waals surface area contributed by atoms with Crippen LogP contribution in [-0.2, 0) is 36.8 Å². The number of nitrogens with one attached hydrogen (secondary N) is 2. The molecule has 0 radical (unpaired) electrons. The second-order valence-corrected chi connectivity index (χ2v) is 15.1. The van der Waals surface area contributed by atoms with Crippen molar-refractivity contribution in [2.24, 2.45) is 0 Å². The van der Waals surface area contributed by atoms with Crippen LogP contribution in [0.5, 0.6) is 11.5 Å². The summed E-state index contributed by atoms with van der Waals surface area (Å²) < 4.78 is 16.1. The fraction of sp³-hybridized carbons (Fsp3) is 0.298. The Balaban J connectivity index is 1.22. The molecular formula is C47H52N6O8. The lowest BCUT2D eigenvalue weighted by atomic mass is 9.87. The number of carbonyl (C=O) groups excluding carboxylic acids is 5. The highest BCUT2D eigenvalue weighted by atomic mass is 16.5. The largest absolute Gasteiger partial charge is 0.497 e. The molecule has 0 aromatic heterocycles. The topological polar surface area (TPSA) is 150 Å². The first-order valence-corrected chi connectivity index (χ1v) is 19.9. The van der Waals surface area contributed by atoms with Gasteiger partial charge in [-0.3, -0.25) is 19.2 Å². The minimum absolute atomic E-state index is 0.195. The zero-order valence-corrected chi connectivity index (χ0v) is 35.2. The highest BCUT2D eigenvalue weighted by Gasteiger charge is 2.54. The fourth-order valence-corrected chi connectivity index (χ4v) is 7.62. The van der Waals surface area contributed by atoms with Crippen LogP contribution < -0.4 is 29.9 Å². The van der Waals surface area contributed by atoms with Crippen molar-refractivity contribution >= 4 is 41.0 Å². The van der Waals surface area contributed by atoms with Gasteiger partial charge in [0.15, 0.2) is 0 Å². The molecule has 4 aromatic carbocycles. The van der Waals surface area contributed by atoms with Crippen molar-refractivity contribution in [1.29, 1.82) is 0 Å². The van der Waals surface area contributed by atoms with Gasteiger partial charge >= 0.3 is 6.03 Å². The maximum atomic E-state index is 14.5. The number of anilines is 2. The van der Waals surface area contributed by atoms with Crippen LogP contribution in [0.1, 0.15) is 18.1 Å². The lowest BCUT2D eigenvalue weighted by Crippen LogP contribution is -2.55. The number of fused-ring (bicyclic) bond motifs is 1. The Kier molecular flexibility index (Phi) is 13.8. The number of methoxy groups -OCH3 is 3. The average molecular weight is 829 g/mol. The molecule has 1 fully saturated rings. The van der Waals surface area contributed by atoms with Crippen molar-refractivity contribution in [2.45, 2.75) is 43.4 Å². The lowest BCUT2D eigenvalue weighted by Gasteiger charge is -2.36. The van der Waals surface area contributed by atoms with Gasteiger partial charge in [0, 0.05) is 38.3 Å². The zero-order valence-electron chi connectivity index (χ0n) is 35.2. The molecule has 2 N–H and O–H groups in total. The van der Waals surface area contributed by atoms with E-state index in [0.717, 1.165) is 11.1 Å². The molecule has 2 unspecified atom stereocenters. The molecule has 4 aromatic rings. The van der Waals surface area contributed by atoms with E-state index in [1.54, 1.807) is 102 Å². The Morgan fingerprint density at radius 3 is 1.52 bits per heavy atom. The van der Waals surface area contributed by atoms with Crippen molar-refractivity contribution in [1.82, 2.24) is 20.4 Å². The van der Waals surface area contributed by atoms with Crippen LogP contribution in [0.2, 0.25) is 0 Å². The van der Waals surface area contributed by atoms with E-state index in [1.807, 2.05) is 60.7 Å². The molecule has 6 rings (SSSR count). The standard InChI is InChI=1S/C47H52N6O8/c1-47-26-25-38(61-6)29-41(47)52(30-42(54)48-39(27-32-13-9-7-10-14-32)44(56)50(2)34-17-21-36(59-4)22-18-34)46(58)53(47)31-43(55)49-40(28-33-15-11-8-12-16-33)45(57)51(3)35-19-23-37(60-5)24-20-35/h7-26,29,39-41H,27-28,30-31H2,1-6H3,(H,48,54)(H,49,55)/t39-,40-,41?,47?/m0/s1. The zero-order chi connectivity index (χ0) is 43.7. The van der Waals surface area contributed by atoms with E-state index in [-0.39, 0.29) is 24.7 Å². The van der Waals surface area contributed by atoms with Crippen LogP contribution in [-0.4, -0.2) is 112 Å². The van der Waals surface area contributed by atoms with Gasteiger partial charge in [-0.15, -0.1) is 0 Å². The second kappa shape index (κ2) is 19.3. The number of nitrogens with zero attached hydrogens (tertiary/aromatic N) is 4. The summed E-state index contributed by atoms with van der Waals surface area (Å²) in [6.45, 7) is 0.956. The normalized spacial score (nSPS) is 17.6. The van der Waals surface area contributed by atoms with Gasteiger partial charge in [0.1, 0.15) is 42.4 Å². The van der Waals surface area contributed by atoms with E-state index in [9.17, 15) is 24.0 Å². The molecule has 0 saturated carbocycles. The summed E-state index contributed by atoms with van der Waals surface area (Å²) in [7, 11) is 7.89. The molecule has 1 aliphatic carbocycles. The molecule has 14 heteroatoms. The number of hydrogen-bond acceptors (Lipinski definition) is 8. The Morgan fingerprint density at radius 2 is 1.10 bits per heavy atom. The summed E-state index contributed by atoms with van der Waals surface area (Å²) in [6.07, 6.45) is 5.62. The molecule has 0 spiro atoms. The maximum Gasteiger partial charge on any atom is 0.322 e. The first-order valence-electron chi connectivity index (χ1n) is 19.9. The van der Waals surface area contributed by atoms with Gasteiger partial charge in [0.05, 0.1) is 32.9 Å². The van der Waals surface area contributed by atoms with E-state index in [2.05, 4.69) is 10.6 Å². The van der Waals surface area contributed by atoms with E-state index >= 15 is 0 Å². The van der Waals surface area contributed by atoms with Crippen LogP contribution in [0.15, 0.2) is 133 Å². The molecular weight excluding hydrogens is 777 g/mol. The SMILES string of the molecule is COC1=CC2N(CC(=O)N[C@@H](Cc3ccccc3)C(=O)N(C)c3ccc(OC)cc3)C(=O)N(CC(=O)N[C@@H](Cc3ccccc3)C(=O)N(C)c3ccc(OC)cc3)C2(C)C=C1. The van der Waals surface area contributed by atoms with Gasteiger partial charge in [-0.05, 0) is 78.7 Å². The molecule has 0 bridgehead atoms. The number of benzene rings is 4. The fourth-order valence-electron chi connectivity index (χ4n) is 7.62. The van der Waals surface area contributed by atoms with Crippen LogP contribution in [0, 0.1) is 0 Å². The third-order valence-electron chi connectivity index (χ3n) is 11.2. The number of urea groups is 1. The molecule has 61 heavy (non-hydrogen) atoms. The Labute approximate surface area is 356 Å². The number of allylic oxidation sites excluding steroid dienone is 1. The molecule has 2 aliphatic rings. The Bertz CT molecular complexity index is 2250. The number of likely N-dealkylation sites (N-methyl/N-ethyl adjacent to an activating group) is 2. The van der Waals surface area contributed by atoms with E-state index < -0.39 is 54.6 Å². The molecule has 318 valence electrons. The van der Waals surface area contributed by atoms with E-state index in [0.29, 0.717) is 28.6 Å². The second-order valence-electron chi connectivity index (χ2n) is 15.1. The Morgan fingerprint density at radius 1 is 0.656 bits per heavy atom. The number of carbonyl (C=O) groups is 5. The van der Waals surface area contributed by atoms with Crippen molar-refractivity contribution in [3.63, 3.8) is 0 Å². The number of hydrogen-bond donors (Lipinski definition) is 2. The molecule has 1 saturated heterocycles. The predicted molar refractivity (Wildman–Crippen MR) is 232 cm³/mol. The van der Waals surface area contributed by atoms with Crippen molar-refractivity contribution < 1.29 is 38.2 Å². The van der Waals surface area contributed by atoms with Crippen LogP contribution >= 0.6 is 0 Å². The lowest BCUT2D eigenvalue weighted by molar-refractivity contribution is -0.128. The minimum Gasteiger partial charge on any atom is -0.497 e. The summed E-state index contributed by atoms with van der Waals surface area (Å²) in [5.41, 5.74) is 1.77. The van der Waals surface area contributed by atoms with Gasteiger partial charge < -0.3 is 44.4 Å². The van der Waals surface area contributed by atoms with Gasteiger partial charge in [-0.25, -0.2) is 4.79 Å². The van der Waals surface area contributed by atoms with Crippen molar-refractivity contribution in [3.8, 4) is 11.5 Å². The smallest absolute Gasteiger partial charge is 0.322 e. The summed E-state index contributed by atoms with van der Waals surface area (Å²) in [5.74, 6) is -0.126. The predicted octanol–water partition coefficient (Wildman–Crippen LogP) is 4.75. The van der Waals surface area contributed by atoms with E-state index in [1.165, 1.54) is 26.7 Å². The van der Waals surface area contributed by atoms with Crippen molar-refractivity contribution in [2.75, 3.05) is 58.3 Å². The third kappa shape index (κ3) is 10.0. The monoisotopic (exact) mass is 828 g/mol. The summed E-state index contributed by atoms with van der Waals surface area (Å²) in [6, 6.07) is 29.4. The van der Waals surface area contributed by atoms with E-state index in [4.69, 9.17) is 14.2 Å². The molecule has 6 amide bonds. The minimum atomic E-state index is -1.09. The summed E-state index contributed by atoms with van der Waals surface area (Å²) >= 11 is 0. The quantitative estimate of drug-likeness (QED) is 0.155. The van der Waals surface area contributed by atoms with Crippen LogP contribution in [0.25, 0.3) is 0 Å². The van der Waals surface area contributed by atoms with Gasteiger partial charge in [-0.1, -0.05) is 66.7 Å². The highest BCUT2D eigenvalue weighted by molar-refractivity contribution is 6.01. The number of rotatable bonds is 17. The first kappa shape index (κ1) is 43.5. The molecule has 4 atom stereocenters. The Hall–Kier alpha value is -7.09. The summed E-state index contributed by atoms with van der Waals surface area (Å²) in [4.78, 5) is 76.4. The molecule has 1 aliphatic heterocycles. The molecule has 1 heterocycles. The number of ether oxygens (including phenoxy) is 3. The first-order chi connectivity index (χ1) is 29.3. The maximum absolute atomic E-state index is 14.5. The number of amides is 6. The van der Waals surface area contributed by atoms with Gasteiger partial charge in [0.2, 0.25) is 23.6 Å². The average Bonchev–Trinajstić information content (AvgIpc) is 3.48. The summed E-state index contributed by atoms with van der Waals surface area (Å²) in [5, 5.41) is 5.81. The van der Waals surface area contributed by atoms with Crippen LogP contribution in [0.3, 0.4) is 0 Å². The van der Waals surface area contributed by atoms with Gasteiger partial charge in [-0.2, -0.15) is 0 Å². The van der Waals surface area contributed by atoms with Crippen molar-refractivity contribution in [3.05, 3.63) is 144 Å². The molecule has 14 nitrogen and oxygen atoms in total. The third-order valence-corrected chi connectivity index (χ3v) is 11.2.